The molecular formula is C23H33N. The minimum Gasteiger partial charge on any atom is -0.358 e. The first-order chi connectivity index (χ1) is 11.5. The number of allylic oxidation sites excluding steroid dienone is 6. The van der Waals surface area contributed by atoms with Crippen LogP contribution in [0.2, 0.25) is 0 Å². The molecule has 0 amide bonds. The summed E-state index contributed by atoms with van der Waals surface area (Å²) in [5.41, 5.74) is 6.09. The Morgan fingerprint density at radius 2 is 1.92 bits per heavy atom. The summed E-state index contributed by atoms with van der Waals surface area (Å²) in [6.07, 6.45) is 11.6. The highest BCUT2D eigenvalue weighted by atomic mass is 14.9. The van der Waals surface area contributed by atoms with Crippen LogP contribution in [-0.4, -0.2) is 0 Å². The first-order valence-corrected chi connectivity index (χ1v) is 9.01. The second-order valence-corrected chi connectivity index (χ2v) is 6.59. The van der Waals surface area contributed by atoms with Gasteiger partial charge in [-0.15, -0.1) is 0 Å². The molecule has 0 aromatic heterocycles. The van der Waals surface area contributed by atoms with E-state index in [1.807, 2.05) is 0 Å². The molecule has 130 valence electrons. The van der Waals surface area contributed by atoms with Gasteiger partial charge in [-0.25, -0.2) is 0 Å². The molecular weight excluding hydrogens is 290 g/mol. The number of rotatable bonds is 9. The molecule has 0 aliphatic carbocycles. The Kier molecular flexibility index (Phi) is 8.93. The monoisotopic (exact) mass is 323 g/mol. The third-order valence-electron chi connectivity index (χ3n) is 3.98. The van der Waals surface area contributed by atoms with Crippen LogP contribution in [0.25, 0.3) is 0 Å². The van der Waals surface area contributed by atoms with Gasteiger partial charge in [0.2, 0.25) is 0 Å². The van der Waals surface area contributed by atoms with Crippen molar-refractivity contribution >= 4 is 5.69 Å². The van der Waals surface area contributed by atoms with Crippen molar-refractivity contribution in [2.45, 2.75) is 53.9 Å². The molecule has 0 saturated heterocycles. The molecule has 1 aromatic carbocycles. The molecule has 24 heavy (non-hydrogen) atoms. The molecule has 1 rings (SSSR count). The van der Waals surface area contributed by atoms with Crippen molar-refractivity contribution in [2.75, 3.05) is 5.32 Å². The molecule has 0 saturated carbocycles. The molecule has 0 aliphatic heterocycles. The summed E-state index contributed by atoms with van der Waals surface area (Å²) in [7, 11) is 0. The highest BCUT2D eigenvalue weighted by Crippen LogP contribution is 2.25. The largest absolute Gasteiger partial charge is 0.358 e. The molecule has 1 aromatic rings. The van der Waals surface area contributed by atoms with Gasteiger partial charge in [0.1, 0.15) is 0 Å². The van der Waals surface area contributed by atoms with Gasteiger partial charge in [0.05, 0.1) is 0 Å². The third kappa shape index (κ3) is 6.62. The Balaban J connectivity index is 3.15. The Labute approximate surface area is 148 Å². The van der Waals surface area contributed by atoms with Gasteiger partial charge in [-0.05, 0) is 55.4 Å². The van der Waals surface area contributed by atoms with Crippen LogP contribution in [0.15, 0.2) is 72.0 Å². The van der Waals surface area contributed by atoms with Crippen LogP contribution >= 0.6 is 0 Å². The maximum Gasteiger partial charge on any atom is 0.0414 e. The van der Waals surface area contributed by atoms with Crippen LogP contribution < -0.4 is 5.32 Å². The van der Waals surface area contributed by atoms with Crippen molar-refractivity contribution in [2.24, 2.45) is 5.92 Å². The molecule has 0 atom stereocenters. The van der Waals surface area contributed by atoms with E-state index in [1.165, 1.54) is 22.5 Å². The lowest BCUT2D eigenvalue weighted by Gasteiger charge is -2.18. The molecule has 1 nitrogen and oxygen atoms in total. The van der Waals surface area contributed by atoms with Crippen molar-refractivity contribution in [3.8, 4) is 0 Å². The maximum absolute atomic E-state index is 4.22. The van der Waals surface area contributed by atoms with Crippen LogP contribution in [0.4, 0.5) is 5.69 Å². The summed E-state index contributed by atoms with van der Waals surface area (Å²) < 4.78 is 0. The zero-order chi connectivity index (χ0) is 17.9. The molecule has 0 radical (unpaired) electrons. The standard InChI is InChI=1S/C23H33N/c1-7-9-13-19(5)20(6)22(15-10-8-2)24-23-16-12-11-14-21(23)17-18(3)4/h8-14,16,18,24H,5,7,15,17H2,1-4,6H3/b10-8-,13-9-,22-20+. The summed E-state index contributed by atoms with van der Waals surface area (Å²) >= 11 is 0. The van der Waals surface area contributed by atoms with Crippen LogP contribution in [0.5, 0.6) is 0 Å². The number of hydrogen-bond donors (Lipinski definition) is 1. The van der Waals surface area contributed by atoms with Gasteiger partial charge in [0, 0.05) is 17.8 Å². The Morgan fingerprint density at radius 1 is 1.21 bits per heavy atom. The van der Waals surface area contributed by atoms with Crippen LogP contribution in [0.1, 0.15) is 53.0 Å². The van der Waals surface area contributed by atoms with E-state index in [1.54, 1.807) is 0 Å². The second-order valence-electron chi connectivity index (χ2n) is 6.59. The number of benzene rings is 1. The average Bonchev–Trinajstić information content (AvgIpc) is 2.56. The van der Waals surface area contributed by atoms with E-state index in [0.29, 0.717) is 5.92 Å². The van der Waals surface area contributed by atoms with Gasteiger partial charge in [-0.1, -0.05) is 69.9 Å². The minimum absolute atomic E-state index is 0.638. The van der Waals surface area contributed by atoms with E-state index in [4.69, 9.17) is 0 Å². The van der Waals surface area contributed by atoms with Crippen LogP contribution in [-0.2, 0) is 6.42 Å². The van der Waals surface area contributed by atoms with Gasteiger partial charge in [-0.3, -0.25) is 0 Å². The lowest BCUT2D eigenvalue weighted by atomic mass is 10.00. The predicted molar refractivity (Wildman–Crippen MR) is 109 cm³/mol. The van der Waals surface area contributed by atoms with Crippen LogP contribution in [0.3, 0.4) is 0 Å². The highest BCUT2D eigenvalue weighted by molar-refractivity contribution is 5.57. The number of para-hydroxylation sites is 1. The van der Waals surface area contributed by atoms with Gasteiger partial charge in [0.15, 0.2) is 0 Å². The van der Waals surface area contributed by atoms with E-state index < -0.39 is 0 Å². The molecule has 0 unspecified atom stereocenters. The smallest absolute Gasteiger partial charge is 0.0414 e. The summed E-state index contributed by atoms with van der Waals surface area (Å²) in [6.45, 7) is 15.1. The number of hydrogen-bond acceptors (Lipinski definition) is 1. The average molecular weight is 324 g/mol. The van der Waals surface area contributed by atoms with E-state index >= 15 is 0 Å². The van der Waals surface area contributed by atoms with Gasteiger partial charge < -0.3 is 5.32 Å². The summed E-state index contributed by atoms with van der Waals surface area (Å²) in [5, 5.41) is 3.68. The van der Waals surface area contributed by atoms with Crippen molar-refractivity contribution in [3.63, 3.8) is 0 Å². The van der Waals surface area contributed by atoms with Crippen molar-refractivity contribution in [1.82, 2.24) is 0 Å². The van der Waals surface area contributed by atoms with Gasteiger partial charge in [-0.2, -0.15) is 0 Å². The van der Waals surface area contributed by atoms with Crippen molar-refractivity contribution in [1.29, 1.82) is 0 Å². The molecule has 0 aliphatic rings. The summed E-state index contributed by atoms with van der Waals surface area (Å²) in [4.78, 5) is 0. The lowest BCUT2D eigenvalue weighted by molar-refractivity contribution is 0.648. The molecule has 1 heteroatoms. The molecule has 0 spiro atoms. The third-order valence-corrected chi connectivity index (χ3v) is 3.98. The van der Waals surface area contributed by atoms with Crippen molar-refractivity contribution in [3.05, 3.63) is 77.6 Å². The fourth-order valence-electron chi connectivity index (χ4n) is 2.54. The zero-order valence-electron chi connectivity index (χ0n) is 16.0. The predicted octanol–water partition coefficient (Wildman–Crippen LogP) is 7.06. The zero-order valence-corrected chi connectivity index (χ0v) is 16.0. The molecule has 0 heterocycles. The first kappa shape index (κ1) is 20.0. The second kappa shape index (κ2) is 10.7. The summed E-state index contributed by atoms with van der Waals surface area (Å²) in [6, 6.07) is 8.61. The maximum atomic E-state index is 4.22. The quantitative estimate of drug-likeness (QED) is 0.379. The fourth-order valence-corrected chi connectivity index (χ4v) is 2.54. The molecule has 0 bridgehead atoms. The Hall–Kier alpha value is -2.02. The summed E-state index contributed by atoms with van der Waals surface area (Å²) in [5.74, 6) is 0.638. The molecule has 1 N–H and O–H groups in total. The lowest BCUT2D eigenvalue weighted by Crippen LogP contribution is -2.06. The number of anilines is 1. The van der Waals surface area contributed by atoms with Crippen molar-refractivity contribution < 1.29 is 0 Å². The minimum atomic E-state index is 0.638. The highest BCUT2D eigenvalue weighted by Gasteiger charge is 2.08. The SMILES string of the molecule is C=C(/C=C\CC)/C(C)=C(\C/C=C\C)Nc1ccccc1CC(C)C. The van der Waals surface area contributed by atoms with E-state index in [-0.39, 0.29) is 0 Å². The van der Waals surface area contributed by atoms with E-state index in [2.05, 4.69) is 95.1 Å². The normalized spacial score (nSPS) is 12.9. The van der Waals surface area contributed by atoms with Gasteiger partial charge in [0.25, 0.3) is 0 Å². The Morgan fingerprint density at radius 3 is 2.54 bits per heavy atom. The Bertz CT molecular complexity index is 615. The first-order valence-electron chi connectivity index (χ1n) is 9.01. The van der Waals surface area contributed by atoms with Crippen LogP contribution in [0, 0.1) is 5.92 Å². The fraction of sp³-hybridized carbons (Fsp3) is 0.391. The van der Waals surface area contributed by atoms with E-state index in [0.717, 1.165) is 24.8 Å². The topological polar surface area (TPSA) is 12.0 Å². The van der Waals surface area contributed by atoms with E-state index in [9.17, 15) is 0 Å². The molecule has 0 fully saturated rings. The van der Waals surface area contributed by atoms with Gasteiger partial charge >= 0.3 is 0 Å². The number of nitrogens with one attached hydrogen (secondary N) is 1.